The fourth-order valence-corrected chi connectivity index (χ4v) is 2.70. The predicted octanol–water partition coefficient (Wildman–Crippen LogP) is 1.21. The van der Waals surface area contributed by atoms with Crippen molar-refractivity contribution in [3.63, 3.8) is 0 Å². The van der Waals surface area contributed by atoms with Gasteiger partial charge in [-0.1, -0.05) is 20.3 Å². The summed E-state index contributed by atoms with van der Waals surface area (Å²) in [5.41, 5.74) is 0. The highest BCUT2D eigenvalue weighted by Gasteiger charge is 2.32. The van der Waals surface area contributed by atoms with Crippen LogP contribution in [0.5, 0.6) is 0 Å². The number of nitrogens with one attached hydrogen (secondary N) is 2. The van der Waals surface area contributed by atoms with Gasteiger partial charge < -0.3 is 20.5 Å². The van der Waals surface area contributed by atoms with Crippen molar-refractivity contribution in [2.75, 3.05) is 13.7 Å². The zero-order valence-electron chi connectivity index (χ0n) is 11.8. The molecule has 0 aliphatic heterocycles. The van der Waals surface area contributed by atoms with Gasteiger partial charge in [0, 0.05) is 13.2 Å². The number of carbonyl (C=O) groups excluding carboxylic acids is 1. The molecule has 0 aromatic heterocycles. The Morgan fingerprint density at radius 1 is 1.42 bits per heavy atom. The van der Waals surface area contributed by atoms with Crippen LogP contribution in [0.15, 0.2) is 0 Å². The molecule has 6 heteroatoms. The third-order valence-electron chi connectivity index (χ3n) is 4.08. The van der Waals surface area contributed by atoms with Crippen molar-refractivity contribution in [2.24, 2.45) is 11.8 Å². The van der Waals surface area contributed by atoms with Crippen molar-refractivity contribution in [3.05, 3.63) is 0 Å². The average molecular weight is 272 g/mol. The summed E-state index contributed by atoms with van der Waals surface area (Å²) in [6.45, 7) is 4.29. The number of carbonyl (C=O) groups is 2. The van der Waals surface area contributed by atoms with Gasteiger partial charge in [-0.2, -0.15) is 0 Å². The van der Waals surface area contributed by atoms with Crippen molar-refractivity contribution in [1.82, 2.24) is 10.6 Å². The first-order valence-corrected chi connectivity index (χ1v) is 6.79. The van der Waals surface area contributed by atoms with Gasteiger partial charge in [-0.15, -0.1) is 0 Å². The molecule has 6 nitrogen and oxygen atoms in total. The first-order chi connectivity index (χ1) is 8.99. The smallest absolute Gasteiger partial charge is 0.334 e. The molecule has 1 aliphatic rings. The van der Waals surface area contributed by atoms with Gasteiger partial charge in [0.05, 0.1) is 6.54 Å². The molecule has 0 aromatic rings. The summed E-state index contributed by atoms with van der Waals surface area (Å²) in [6.07, 6.45) is 2.25. The maximum absolute atomic E-state index is 11.7. The summed E-state index contributed by atoms with van der Waals surface area (Å²) in [5, 5.41) is 14.2. The Hall–Kier alpha value is -1.30. The Kier molecular flexibility index (Phi) is 6.08. The van der Waals surface area contributed by atoms with Gasteiger partial charge in [-0.05, 0) is 24.7 Å². The summed E-state index contributed by atoms with van der Waals surface area (Å²) in [7, 11) is 1.31. The van der Waals surface area contributed by atoms with Crippen LogP contribution >= 0.6 is 0 Å². The minimum absolute atomic E-state index is 0.0318. The zero-order chi connectivity index (χ0) is 14.4. The van der Waals surface area contributed by atoms with Crippen LogP contribution in [0.25, 0.3) is 0 Å². The van der Waals surface area contributed by atoms with E-state index in [4.69, 9.17) is 9.84 Å². The normalized spacial score (nSPS) is 27.8. The van der Waals surface area contributed by atoms with Crippen LogP contribution in [0, 0.1) is 11.8 Å². The molecule has 3 N–H and O–H groups in total. The van der Waals surface area contributed by atoms with Crippen LogP contribution < -0.4 is 10.6 Å². The minimum Gasteiger partial charge on any atom is -0.479 e. The number of hydrogen-bond donors (Lipinski definition) is 3. The van der Waals surface area contributed by atoms with Crippen molar-refractivity contribution < 1.29 is 19.4 Å². The molecule has 4 atom stereocenters. The number of ether oxygens (including phenoxy) is 1. The first-order valence-electron chi connectivity index (χ1n) is 6.79. The van der Waals surface area contributed by atoms with Crippen molar-refractivity contribution in [2.45, 2.75) is 45.3 Å². The number of hydrogen-bond acceptors (Lipinski definition) is 3. The van der Waals surface area contributed by atoms with Crippen molar-refractivity contribution in [1.29, 1.82) is 0 Å². The second-order valence-corrected chi connectivity index (χ2v) is 5.13. The van der Waals surface area contributed by atoms with Crippen molar-refractivity contribution in [3.8, 4) is 0 Å². The van der Waals surface area contributed by atoms with Gasteiger partial charge in [0.1, 0.15) is 0 Å². The van der Waals surface area contributed by atoms with Crippen LogP contribution in [0.3, 0.4) is 0 Å². The molecule has 0 saturated heterocycles. The Morgan fingerprint density at radius 2 is 2.11 bits per heavy atom. The largest absolute Gasteiger partial charge is 0.479 e. The maximum atomic E-state index is 11.7. The van der Waals surface area contributed by atoms with E-state index in [2.05, 4.69) is 24.5 Å². The quantitative estimate of drug-likeness (QED) is 0.678. The van der Waals surface area contributed by atoms with Gasteiger partial charge in [-0.3, -0.25) is 0 Å². The topological polar surface area (TPSA) is 87.7 Å². The zero-order valence-corrected chi connectivity index (χ0v) is 11.8. The molecule has 110 valence electrons. The van der Waals surface area contributed by atoms with Gasteiger partial charge in [0.15, 0.2) is 6.10 Å². The fourth-order valence-electron chi connectivity index (χ4n) is 2.70. The van der Waals surface area contributed by atoms with E-state index in [1.54, 1.807) is 0 Å². The van der Waals surface area contributed by atoms with E-state index in [1.807, 2.05) is 0 Å². The molecule has 4 unspecified atom stereocenters. The van der Waals surface area contributed by atoms with Crippen LogP contribution in [0.4, 0.5) is 4.79 Å². The third kappa shape index (κ3) is 4.38. The van der Waals surface area contributed by atoms with Gasteiger partial charge in [-0.25, -0.2) is 9.59 Å². The van der Waals surface area contributed by atoms with Crippen molar-refractivity contribution >= 4 is 12.0 Å². The molecule has 1 rings (SSSR count). The molecule has 0 bridgehead atoms. The second kappa shape index (κ2) is 7.33. The summed E-state index contributed by atoms with van der Waals surface area (Å²) in [6, 6.07) is -0.146. The Balaban J connectivity index is 2.34. The second-order valence-electron chi connectivity index (χ2n) is 5.13. The van der Waals surface area contributed by atoms with Gasteiger partial charge in [0.2, 0.25) is 0 Å². The predicted molar refractivity (Wildman–Crippen MR) is 70.9 cm³/mol. The molecule has 2 amide bonds. The van der Waals surface area contributed by atoms with E-state index < -0.39 is 12.1 Å². The van der Waals surface area contributed by atoms with E-state index in [1.165, 1.54) is 7.11 Å². The highest BCUT2D eigenvalue weighted by Crippen LogP contribution is 2.33. The standard InChI is InChI=1S/C13H24N2O4/c1-4-9-5-6-10(8(9)2)15-13(18)14-7-11(19-3)12(16)17/h8-11H,4-7H2,1-3H3,(H,16,17)(H2,14,15,18). The van der Waals surface area contributed by atoms with E-state index in [-0.39, 0.29) is 18.6 Å². The minimum atomic E-state index is -1.08. The fraction of sp³-hybridized carbons (Fsp3) is 0.846. The number of carboxylic acids is 1. The Labute approximate surface area is 113 Å². The van der Waals surface area contributed by atoms with E-state index in [9.17, 15) is 9.59 Å². The van der Waals surface area contributed by atoms with Crippen LogP contribution in [0.2, 0.25) is 0 Å². The summed E-state index contributed by atoms with van der Waals surface area (Å²) in [5.74, 6) is 0.0487. The Bertz CT molecular complexity index is 322. The number of amides is 2. The number of methoxy groups -OCH3 is 1. The number of rotatable bonds is 6. The molecule has 0 spiro atoms. The van der Waals surface area contributed by atoms with Crippen LogP contribution in [-0.4, -0.2) is 42.9 Å². The monoisotopic (exact) mass is 272 g/mol. The van der Waals surface area contributed by atoms with E-state index >= 15 is 0 Å². The lowest BCUT2D eigenvalue weighted by molar-refractivity contribution is -0.147. The molecule has 0 radical (unpaired) electrons. The summed E-state index contributed by atoms with van der Waals surface area (Å²) >= 11 is 0. The number of carboxylic acid groups (broad SMARTS) is 1. The molecular formula is C13H24N2O4. The van der Waals surface area contributed by atoms with Crippen LogP contribution in [0.1, 0.15) is 33.1 Å². The SMILES string of the molecule is CCC1CCC(NC(=O)NCC(OC)C(=O)O)C1C. The third-order valence-corrected chi connectivity index (χ3v) is 4.08. The average Bonchev–Trinajstić information content (AvgIpc) is 2.71. The molecule has 1 fully saturated rings. The summed E-state index contributed by atoms with van der Waals surface area (Å²) < 4.78 is 4.75. The highest BCUT2D eigenvalue weighted by molar-refractivity contribution is 5.77. The molecule has 1 saturated carbocycles. The van der Waals surface area contributed by atoms with Gasteiger partial charge >= 0.3 is 12.0 Å². The Morgan fingerprint density at radius 3 is 2.58 bits per heavy atom. The lowest BCUT2D eigenvalue weighted by Crippen LogP contribution is -2.47. The lowest BCUT2D eigenvalue weighted by Gasteiger charge is -2.21. The molecule has 1 aliphatic carbocycles. The van der Waals surface area contributed by atoms with E-state index in [0.29, 0.717) is 11.8 Å². The molecule has 19 heavy (non-hydrogen) atoms. The van der Waals surface area contributed by atoms with Crippen LogP contribution in [-0.2, 0) is 9.53 Å². The maximum Gasteiger partial charge on any atom is 0.334 e. The van der Waals surface area contributed by atoms with E-state index in [0.717, 1.165) is 19.3 Å². The molecule has 0 aromatic carbocycles. The number of aliphatic carboxylic acids is 1. The molecular weight excluding hydrogens is 248 g/mol. The summed E-state index contributed by atoms with van der Waals surface area (Å²) in [4.78, 5) is 22.4. The lowest BCUT2D eigenvalue weighted by atomic mass is 9.94. The van der Waals surface area contributed by atoms with Gasteiger partial charge in [0.25, 0.3) is 0 Å². The highest BCUT2D eigenvalue weighted by atomic mass is 16.5. The first kappa shape index (κ1) is 15.8. The number of urea groups is 1. The molecule has 0 heterocycles.